The van der Waals surface area contributed by atoms with Crippen LogP contribution in [0.1, 0.15) is 24.3 Å². The van der Waals surface area contributed by atoms with Crippen LogP contribution in [0.2, 0.25) is 0 Å². The average molecular weight is 376 g/mol. The molecule has 0 unspecified atom stereocenters. The summed E-state index contributed by atoms with van der Waals surface area (Å²) in [7, 11) is 1.52. The minimum absolute atomic E-state index is 0.0619. The lowest BCUT2D eigenvalue weighted by molar-refractivity contribution is -0.117. The molecular formula is C22H20N2O4. The van der Waals surface area contributed by atoms with Crippen molar-refractivity contribution >= 4 is 23.0 Å². The molecule has 0 bridgehead atoms. The number of benzene rings is 2. The maximum atomic E-state index is 12.2. The van der Waals surface area contributed by atoms with E-state index in [-0.39, 0.29) is 18.6 Å². The van der Waals surface area contributed by atoms with Crippen molar-refractivity contribution in [2.75, 3.05) is 13.7 Å². The molecule has 28 heavy (non-hydrogen) atoms. The van der Waals surface area contributed by atoms with Crippen LogP contribution in [-0.4, -0.2) is 19.6 Å². The third-order valence-electron chi connectivity index (χ3n) is 4.14. The van der Waals surface area contributed by atoms with Gasteiger partial charge in [-0.05, 0) is 42.8 Å². The number of hydrogen-bond donors (Lipinski definition) is 1. The van der Waals surface area contributed by atoms with Crippen LogP contribution >= 0.6 is 0 Å². The molecule has 1 N–H and O–H groups in total. The lowest BCUT2D eigenvalue weighted by Crippen LogP contribution is -2.24. The highest BCUT2D eigenvalue weighted by Gasteiger charge is 2.13. The lowest BCUT2D eigenvalue weighted by Gasteiger charge is -2.10. The molecule has 142 valence electrons. The van der Waals surface area contributed by atoms with Crippen LogP contribution < -0.4 is 14.8 Å². The van der Waals surface area contributed by atoms with E-state index in [1.807, 2.05) is 43.3 Å². The van der Waals surface area contributed by atoms with Crippen LogP contribution in [0.4, 0.5) is 0 Å². The number of nitriles is 1. The second-order valence-corrected chi connectivity index (χ2v) is 6.11. The highest BCUT2D eigenvalue weighted by molar-refractivity contribution is 5.92. The second kappa shape index (κ2) is 8.78. The Bertz CT molecular complexity index is 1010. The molecule has 0 aliphatic carbocycles. The van der Waals surface area contributed by atoms with Gasteiger partial charge in [0, 0.05) is 11.5 Å². The summed E-state index contributed by atoms with van der Waals surface area (Å²) in [6.07, 6.45) is 3.13. The zero-order valence-corrected chi connectivity index (χ0v) is 15.6. The monoisotopic (exact) mass is 376 g/mol. The Morgan fingerprint density at radius 2 is 2.07 bits per heavy atom. The summed E-state index contributed by atoms with van der Waals surface area (Å²) >= 11 is 0. The first-order chi connectivity index (χ1) is 13.6. The predicted molar refractivity (Wildman–Crippen MR) is 106 cm³/mol. The Morgan fingerprint density at radius 3 is 2.82 bits per heavy atom. The van der Waals surface area contributed by atoms with E-state index < -0.39 is 0 Å². The van der Waals surface area contributed by atoms with Crippen LogP contribution in [0, 0.1) is 11.3 Å². The van der Waals surface area contributed by atoms with Crippen molar-refractivity contribution in [2.45, 2.75) is 13.0 Å². The fourth-order valence-corrected chi connectivity index (χ4v) is 2.74. The normalized spacial score (nSPS) is 11.9. The number of amides is 1. The molecule has 3 aromatic rings. The van der Waals surface area contributed by atoms with Crippen molar-refractivity contribution < 1.29 is 18.7 Å². The van der Waals surface area contributed by atoms with Gasteiger partial charge in [0.1, 0.15) is 17.4 Å². The van der Waals surface area contributed by atoms with E-state index in [0.717, 1.165) is 16.5 Å². The molecule has 1 atom stereocenters. The van der Waals surface area contributed by atoms with Crippen LogP contribution in [0.15, 0.2) is 59.0 Å². The van der Waals surface area contributed by atoms with Gasteiger partial charge in [0.15, 0.2) is 18.1 Å². The molecule has 0 fully saturated rings. The predicted octanol–water partition coefficient (Wildman–Crippen LogP) is 4.23. The first kappa shape index (κ1) is 19.1. The van der Waals surface area contributed by atoms with Crippen molar-refractivity contribution in [1.82, 2.24) is 5.32 Å². The van der Waals surface area contributed by atoms with E-state index in [0.29, 0.717) is 17.3 Å². The first-order valence-electron chi connectivity index (χ1n) is 8.75. The summed E-state index contributed by atoms with van der Waals surface area (Å²) in [5, 5.41) is 12.5. The number of ether oxygens (including phenoxy) is 2. The standard InChI is InChI=1S/C22H20N2O4/c1-15(20-14-17-5-3-4-6-18(17)28-20)24-22(25)10-8-16-7-9-19(27-12-11-23)21(13-16)26-2/h3-10,13-15H,12H2,1-2H3,(H,24,25)/b10-8+/t15-/m0/s1. The van der Waals surface area contributed by atoms with E-state index in [4.69, 9.17) is 19.2 Å². The fraction of sp³-hybridized carbons (Fsp3) is 0.182. The van der Waals surface area contributed by atoms with Gasteiger partial charge in [-0.15, -0.1) is 0 Å². The number of carbonyl (C=O) groups excluding carboxylic acids is 1. The molecule has 1 aromatic heterocycles. The Balaban J connectivity index is 1.65. The summed E-state index contributed by atoms with van der Waals surface area (Å²) in [5.74, 6) is 1.43. The number of para-hydroxylation sites is 1. The third kappa shape index (κ3) is 4.51. The van der Waals surface area contributed by atoms with Crippen LogP contribution in [0.25, 0.3) is 17.0 Å². The Labute approximate surface area is 163 Å². The molecule has 6 heteroatoms. The molecule has 0 saturated carbocycles. The molecular weight excluding hydrogens is 356 g/mol. The van der Waals surface area contributed by atoms with E-state index in [2.05, 4.69) is 5.32 Å². The number of fused-ring (bicyclic) bond motifs is 1. The molecule has 0 radical (unpaired) electrons. The van der Waals surface area contributed by atoms with E-state index >= 15 is 0 Å². The zero-order chi connectivity index (χ0) is 19.9. The zero-order valence-electron chi connectivity index (χ0n) is 15.6. The topological polar surface area (TPSA) is 84.5 Å². The smallest absolute Gasteiger partial charge is 0.244 e. The van der Waals surface area contributed by atoms with Crippen molar-refractivity contribution in [3.8, 4) is 17.6 Å². The summed E-state index contributed by atoms with van der Waals surface area (Å²) in [5.41, 5.74) is 1.56. The summed E-state index contributed by atoms with van der Waals surface area (Å²) in [6, 6.07) is 16.5. The number of carbonyl (C=O) groups is 1. The van der Waals surface area contributed by atoms with Crippen molar-refractivity contribution in [3.05, 3.63) is 65.9 Å². The molecule has 0 aliphatic rings. The minimum Gasteiger partial charge on any atom is -0.493 e. The summed E-state index contributed by atoms with van der Waals surface area (Å²) in [4.78, 5) is 12.2. The van der Waals surface area contributed by atoms with Crippen molar-refractivity contribution in [1.29, 1.82) is 5.26 Å². The van der Waals surface area contributed by atoms with Crippen molar-refractivity contribution in [2.24, 2.45) is 0 Å². The number of furan rings is 1. The van der Waals surface area contributed by atoms with Crippen LogP contribution in [-0.2, 0) is 4.79 Å². The SMILES string of the molecule is COc1cc(/C=C/C(=O)N[C@@H](C)c2cc3ccccc3o2)ccc1OCC#N. The molecule has 2 aromatic carbocycles. The summed E-state index contributed by atoms with van der Waals surface area (Å²) in [6.45, 7) is 1.81. The second-order valence-electron chi connectivity index (χ2n) is 6.11. The Morgan fingerprint density at radius 1 is 1.25 bits per heavy atom. The largest absolute Gasteiger partial charge is 0.493 e. The maximum Gasteiger partial charge on any atom is 0.244 e. The number of rotatable bonds is 7. The molecule has 3 rings (SSSR count). The Hall–Kier alpha value is -3.72. The number of nitrogens with one attached hydrogen (secondary N) is 1. The van der Waals surface area contributed by atoms with Gasteiger partial charge < -0.3 is 19.2 Å². The van der Waals surface area contributed by atoms with E-state index in [9.17, 15) is 4.79 Å². The van der Waals surface area contributed by atoms with E-state index in [1.54, 1.807) is 24.3 Å². The van der Waals surface area contributed by atoms with Crippen LogP contribution in [0.3, 0.4) is 0 Å². The molecule has 0 saturated heterocycles. The first-order valence-corrected chi connectivity index (χ1v) is 8.75. The van der Waals surface area contributed by atoms with Crippen molar-refractivity contribution in [3.63, 3.8) is 0 Å². The molecule has 1 amide bonds. The molecule has 1 heterocycles. The highest BCUT2D eigenvalue weighted by atomic mass is 16.5. The molecule has 6 nitrogen and oxygen atoms in total. The number of nitrogens with zero attached hydrogens (tertiary/aromatic N) is 1. The van der Waals surface area contributed by atoms with Crippen LogP contribution in [0.5, 0.6) is 11.5 Å². The number of hydrogen-bond acceptors (Lipinski definition) is 5. The van der Waals surface area contributed by atoms with Gasteiger partial charge in [-0.3, -0.25) is 4.79 Å². The highest BCUT2D eigenvalue weighted by Crippen LogP contribution is 2.28. The lowest BCUT2D eigenvalue weighted by atomic mass is 10.1. The quantitative estimate of drug-likeness (QED) is 0.624. The fourth-order valence-electron chi connectivity index (χ4n) is 2.74. The minimum atomic E-state index is -0.263. The van der Waals surface area contributed by atoms with Gasteiger partial charge in [-0.2, -0.15) is 5.26 Å². The van der Waals surface area contributed by atoms with Gasteiger partial charge in [0.05, 0.1) is 13.2 Å². The number of methoxy groups -OCH3 is 1. The van der Waals surface area contributed by atoms with Gasteiger partial charge >= 0.3 is 0 Å². The summed E-state index contributed by atoms with van der Waals surface area (Å²) < 4.78 is 16.3. The van der Waals surface area contributed by atoms with Gasteiger partial charge in [-0.25, -0.2) is 0 Å². The van der Waals surface area contributed by atoms with Gasteiger partial charge in [0.25, 0.3) is 0 Å². The third-order valence-corrected chi connectivity index (χ3v) is 4.14. The van der Waals surface area contributed by atoms with Gasteiger partial charge in [-0.1, -0.05) is 24.3 Å². The van der Waals surface area contributed by atoms with Gasteiger partial charge in [0.2, 0.25) is 5.91 Å². The van der Waals surface area contributed by atoms with E-state index in [1.165, 1.54) is 13.2 Å². The average Bonchev–Trinajstić information content (AvgIpc) is 3.15. The maximum absolute atomic E-state index is 12.2. The Kier molecular flexibility index (Phi) is 5.97. The molecule has 0 aliphatic heterocycles. The molecule has 0 spiro atoms.